The molecule has 136 valence electrons. The highest BCUT2D eigenvalue weighted by molar-refractivity contribution is 6.09. The third kappa shape index (κ3) is 3.49. The quantitative estimate of drug-likeness (QED) is 0.710. The van der Waals surface area contributed by atoms with Crippen LogP contribution in [0.2, 0.25) is 0 Å². The summed E-state index contributed by atoms with van der Waals surface area (Å²) < 4.78 is 5.97. The molecule has 4 rings (SSSR count). The second-order valence-electron chi connectivity index (χ2n) is 6.42. The summed E-state index contributed by atoms with van der Waals surface area (Å²) in [5.74, 6) is 0.513. The van der Waals surface area contributed by atoms with Gasteiger partial charge in [-0.15, -0.1) is 0 Å². The van der Waals surface area contributed by atoms with E-state index in [0.717, 1.165) is 16.5 Å². The number of carbonyl (C=O) groups excluding carboxylic acids is 2. The van der Waals surface area contributed by atoms with E-state index in [4.69, 9.17) is 4.74 Å². The van der Waals surface area contributed by atoms with Crippen molar-refractivity contribution >= 4 is 28.3 Å². The first-order valence-electron chi connectivity index (χ1n) is 9.02. The van der Waals surface area contributed by atoms with E-state index in [1.165, 1.54) is 0 Å². The van der Waals surface area contributed by atoms with E-state index in [-0.39, 0.29) is 18.4 Å². The van der Waals surface area contributed by atoms with E-state index >= 15 is 0 Å². The van der Waals surface area contributed by atoms with Crippen molar-refractivity contribution in [1.29, 1.82) is 0 Å². The van der Waals surface area contributed by atoms with E-state index in [2.05, 4.69) is 17.4 Å². The van der Waals surface area contributed by atoms with Gasteiger partial charge in [-0.1, -0.05) is 48.5 Å². The predicted molar refractivity (Wildman–Crippen MR) is 105 cm³/mol. The van der Waals surface area contributed by atoms with Gasteiger partial charge in [0.25, 0.3) is 5.91 Å². The molecule has 0 radical (unpaired) electrons. The Labute approximate surface area is 157 Å². The molecule has 1 aliphatic rings. The molecule has 2 amide bonds. The van der Waals surface area contributed by atoms with Gasteiger partial charge in [-0.25, -0.2) is 0 Å². The van der Waals surface area contributed by atoms with Crippen LogP contribution in [0.5, 0.6) is 5.75 Å². The van der Waals surface area contributed by atoms with Crippen molar-refractivity contribution in [3.63, 3.8) is 0 Å². The predicted octanol–water partition coefficient (Wildman–Crippen LogP) is 3.39. The molecule has 1 N–H and O–H groups in total. The normalized spacial score (nSPS) is 13.9. The Hall–Kier alpha value is -3.34. The van der Waals surface area contributed by atoms with Crippen LogP contribution < -0.4 is 15.0 Å². The van der Waals surface area contributed by atoms with Gasteiger partial charge in [-0.05, 0) is 30.0 Å². The minimum Gasteiger partial charge on any atom is -0.493 e. The molecular weight excluding hydrogens is 340 g/mol. The summed E-state index contributed by atoms with van der Waals surface area (Å²) in [4.78, 5) is 26.2. The molecule has 5 nitrogen and oxygen atoms in total. The molecule has 3 aromatic rings. The second kappa shape index (κ2) is 7.50. The highest BCUT2D eigenvalue weighted by Crippen LogP contribution is 2.26. The summed E-state index contributed by atoms with van der Waals surface area (Å²) in [6.07, 6.45) is 0.664. The van der Waals surface area contributed by atoms with Gasteiger partial charge in [-0.2, -0.15) is 0 Å². The van der Waals surface area contributed by atoms with Crippen LogP contribution >= 0.6 is 0 Å². The molecule has 0 atom stereocenters. The summed E-state index contributed by atoms with van der Waals surface area (Å²) in [7, 11) is 0. The van der Waals surface area contributed by atoms with Crippen molar-refractivity contribution in [2.45, 2.75) is 6.42 Å². The molecule has 0 saturated heterocycles. The Morgan fingerprint density at radius 2 is 1.70 bits per heavy atom. The number of benzene rings is 3. The van der Waals surface area contributed by atoms with Gasteiger partial charge in [0.05, 0.1) is 24.4 Å². The number of para-hydroxylation sites is 1. The Kier molecular flexibility index (Phi) is 4.75. The zero-order chi connectivity index (χ0) is 18.6. The van der Waals surface area contributed by atoms with Crippen molar-refractivity contribution in [2.75, 3.05) is 24.6 Å². The van der Waals surface area contributed by atoms with Gasteiger partial charge >= 0.3 is 0 Å². The highest BCUT2D eigenvalue weighted by atomic mass is 16.5. The minimum atomic E-state index is -0.214. The third-order valence-corrected chi connectivity index (χ3v) is 4.67. The Morgan fingerprint density at radius 3 is 2.63 bits per heavy atom. The first-order valence-corrected chi connectivity index (χ1v) is 9.02. The average Bonchev–Trinajstić information content (AvgIpc) is 2.83. The first kappa shape index (κ1) is 17.1. The summed E-state index contributed by atoms with van der Waals surface area (Å²) in [5.41, 5.74) is 1.18. The van der Waals surface area contributed by atoms with Gasteiger partial charge in [0.2, 0.25) is 5.91 Å². The number of carbonyl (C=O) groups is 2. The molecule has 0 saturated carbocycles. The van der Waals surface area contributed by atoms with Crippen LogP contribution in [0.4, 0.5) is 5.69 Å². The Morgan fingerprint density at radius 1 is 0.926 bits per heavy atom. The number of anilines is 1. The molecule has 1 heterocycles. The SMILES string of the molecule is O=C1NCC(=O)N(CCCOc2cccc3ccccc23)c2ccccc21. The summed E-state index contributed by atoms with van der Waals surface area (Å²) in [6, 6.07) is 21.3. The third-order valence-electron chi connectivity index (χ3n) is 4.67. The van der Waals surface area contributed by atoms with Crippen LogP contribution in [0.25, 0.3) is 10.8 Å². The molecular formula is C22H20N2O3. The van der Waals surface area contributed by atoms with E-state index in [1.807, 2.05) is 42.5 Å². The fourth-order valence-electron chi connectivity index (χ4n) is 3.35. The van der Waals surface area contributed by atoms with E-state index in [0.29, 0.717) is 30.8 Å². The number of fused-ring (bicyclic) bond motifs is 2. The maximum atomic E-state index is 12.4. The number of rotatable bonds is 5. The van der Waals surface area contributed by atoms with Crippen molar-refractivity contribution in [2.24, 2.45) is 0 Å². The molecule has 0 bridgehead atoms. The number of nitrogens with zero attached hydrogens (tertiary/aromatic N) is 1. The number of nitrogens with one attached hydrogen (secondary N) is 1. The highest BCUT2D eigenvalue weighted by Gasteiger charge is 2.25. The standard InChI is InChI=1S/C22H20N2O3/c25-21-15-23-22(26)18-10-3-4-11-19(18)24(21)13-6-14-27-20-12-5-8-16-7-1-2-9-17(16)20/h1-5,7-12H,6,13-15H2,(H,23,26). The van der Waals surface area contributed by atoms with Crippen LogP contribution in [0, 0.1) is 0 Å². The molecule has 0 aliphatic carbocycles. The smallest absolute Gasteiger partial charge is 0.253 e. The van der Waals surface area contributed by atoms with Crippen molar-refractivity contribution in [3.8, 4) is 5.75 Å². The van der Waals surface area contributed by atoms with Crippen molar-refractivity contribution in [1.82, 2.24) is 5.32 Å². The molecule has 3 aromatic carbocycles. The number of ether oxygens (including phenoxy) is 1. The lowest BCUT2D eigenvalue weighted by Crippen LogP contribution is -2.37. The van der Waals surface area contributed by atoms with Gasteiger partial charge in [0, 0.05) is 11.9 Å². The van der Waals surface area contributed by atoms with Gasteiger partial charge in [0.1, 0.15) is 5.75 Å². The molecule has 0 unspecified atom stereocenters. The summed E-state index contributed by atoms with van der Waals surface area (Å²) in [6.45, 7) is 0.995. The topological polar surface area (TPSA) is 58.6 Å². The lowest BCUT2D eigenvalue weighted by molar-refractivity contribution is -0.117. The largest absolute Gasteiger partial charge is 0.493 e. The average molecular weight is 360 g/mol. The molecule has 1 aliphatic heterocycles. The van der Waals surface area contributed by atoms with Gasteiger partial charge in [-0.3, -0.25) is 9.59 Å². The lowest BCUT2D eigenvalue weighted by atomic mass is 10.1. The number of hydrogen-bond donors (Lipinski definition) is 1. The second-order valence-corrected chi connectivity index (χ2v) is 6.42. The maximum absolute atomic E-state index is 12.4. The minimum absolute atomic E-state index is 0.0116. The summed E-state index contributed by atoms with van der Waals surface area (Å²) in [5, 5.41) is 4.87. The van der Waals surface area contributed by atoms with Crippen LogP contribution in [0.1, 0.15) is 16.8 Å². The monoisotopic (exact) mass is 360 g/mol. The van der Waals surface area contributed by atoms with Crippen molar-refractivity contribution in [3.05, 3.63) is 72.3 Å². The van der Waals surface area contributed by atoms with E-state index in [9.17, 15) is 9.59 Å². The molecule has 0 fully saturated rings. The molecule has 0 spiro atoms. The molecule has 0 aromatic heterocycles. The fourth-order valence-corrected chi connectivity index (χ4v) is 3.35. The zero-order valence-electron chi connectivity index (χ0n) is 14.9. The van der Waals surface area contributed by atoms with Crippen LogP contribution in [-0.4, -0.2) is 31.5 Å². The summed E-state index contributed by atoms with van der Waals surface area (Å²) >= 11 is 0. The fraction of sp³-hybridized carbons (Fsp3) is 0.182. The maximum Gasteiger partial charge on any atom is 0.253 e. The van der Waals surface area contributed by atoms with Crippen LogP contribution in [0.15, 0.2) is 66.7 Å². The Bertz CT molecular complexity index is 994. The number of amides is 2. The zero-order valence-corrected chi connectivity index (χ0v) is 14.9. The molecule has 27 heavy (non-hydrogen) atoms. The molecule has 5 heteroatoms. The van der Waals surface area contributed by atoms with Gasteiger partial charge < -0.3 is 15.0 Å². The van der Waals surface area contributed by atoms with Crippen LogP contribution in [-0.2, 0) is 4.79 Å². The number of hydrogen-bond acceptors (Lipinski definition) is 3. The first-order chi connectivity index (χ1) is 13.2. The Balaban J connectivity index is 1.45. The van der Waals surface area contributed by atoms with Crippen molar-refractivity contribution < 1.29 is 14.3 Å². The van der Waals surface area contributed by atoms with Crippen LogP contribution in [0.3, 0.4) is 0 Å². The lowest BCUT2D eigenvalue weighted by Gasteiger charge is -2.22. The van der Waals surface area contributed by atoms with Gasteiger partial charge in [0.15, 0.2) is 0 Å². The van der Waals surface area contributed by atoms with E-state index in [1.54, 1.807) is 17.0 Å². The van der Waals surface area contributed by atoms with E-state index < -0.39 is 0 Å².